The van der Waals surface area contributed by atoms with Gasteiger partial charge in [-0.25, -0.2) is 4.79 Å². The zero-order chi connectivity index (χ0) is 13.5. The number of rotatable bonds is 5. The molecule has 98 valence electrons. The molecule has 0 spiro atoms. The lowest BCUT2D eigenvalue weighted by Gasteiger charge is -2.12. The summed E-state index contributed by atoms with van der Waals surface area (Å²) in [6, 6.07) is 6.91. The molecule has 0 saturated carbocycles. The highest BCUT2D eigenvalue weighted by atomic mass is 35.5. The Morgan fingerprint density at radius 2 is 2.00 bits per heavy atom. The van der Waals surface area contributed by atoms with Crippen molar-refractivity contribution in [1.29, 1.82) is 0 Å². The van der Waals surface area contributed by atoms with E-state index in [4.69, 9.17) is 11.6 Å². The molecule has 0 unspecified atom stereocenters. The number of esters is 1. The van der Waals surface area contributed by atoms with Gasteiger partial charge in [-0.05, 0) is 24.6 Å². The van der Waals surface area contributed by atoms with Crippen LogP contribution in [-0.4, -0.2) is 35.0 Å². The maximum absolute atomic E-state index is 11.2. The average Bonchev–Trinajstić information content (AvgIpc) is 2.37. The third kappa shape index (κ3) is 4.49. The fraction of sp³-hybridized carbons (Fsp3) is 0.308. The number of carbonyl (C=O) groups is 1. The monoisotopic (exact) mass is 270 g/mol. The number of carbonyl (C=O) groups excluding carboxylic acids is 1. The standard InChI is InChI=1S/C13H15ClO4/c1-2-18-13(17)12(16)11(15)8-5-9-3-6-10(14)7-4-9/h3-8,11-12,15-16H,2H2,1H3/b8-5+/t11-,12+/m1/s1. The molecule has 2 atom stereocenters. The van der Waals surface area contributed by atoms with Crippen molar-refractivity contribution in [2.75, 3.05) is 6.61 Å². The molecule has 1 rings (SSSR count). The SMILES string of the molecule is CCOC(=O)[C@@H](O)[C@H](O)/C=C/c1ccc(Cl)cc1. The first-order valence-corrected chi connectivity index (χ1v) is 5.89. The van der Waals surface area contributed by atoms with Crippen LogP contribution in [0.15, 0.2) is 30.3 Å². The van der Waals surface area contributed by atoms with Crippen LogP contribution in [0, 0.1) is 0 Å². The first kappa shape index (κ1) is 14.7. The van der Waals surface area contributed by atoms with Crippen LogP contribution >= 0.6 is 11.6 Å². The number of hydrogen-bond acceptors (Lipinski definition) is 4. The highest BCUT2D eigenvalue weighted by Crippen LogP contribution is 2.11. The van der Waals surface area contributed by atoms with Gasteiger partial charge in [0.15, 0.2) is 6.10 Å². The van der Waals surface area contributed by atoms with Gasteiger partial charge in [0.05, 0.1) is 6.61 Å². The topological polar surface area (TPSA) is 66.8 Å². The van der Waals surface area contributed by atoms with Gasteiger partial charge in [-0.1, -0.05) is 35.9 Å². The van der Waals surface area contributed by atoms with Gasteiger partial charge in [0.1, 0.15) is 6.10 Å². The third-order valence-corrected chi connectivity index (χ3v) is 2.46. The largest absolute Gasteiger partial charge is 0.464 e. The van der Waals surface area contributed by atoms with Crippen molar-refractivity contribution in [3.63, 3.8) is 0 Å². The van der Waals surface area contributed by atoms with Gasteiger partial charge in [-0.2, -0.15) is 0 Å². The fourth-order valence-corrected chi connectivity index (χ4v) is 1.38. The van der Waals surface area contributed by atoms with E-state index in [2.05, 4.69) is 4.74 Å². The van der Waals surface area contributed by atoms with Crippen molar-refractivity contribution in [2.45, 2.75) is 19.1 Å². The van der Waals surface area contributed by atoms with Crippen LogP contribution in [0.3, 0.4) is 0 Å². The third-order valence-electron chi connectivity index (χ3n) is 2.21. The molecular formula is C13H15ClO4. The molecule has 0 radical (unpaired) electrons. The first-order valence-electron chi connectivity index (χ1n) is 5.51. The van der Waals surface area contributed by atoms with Crippen molar-refractivity contribution in [1.82, 2.24) is 0 Å². The van der Waals surface area contributed by atoms with Gasteiger partial charge >= 0.3 is 5.97 Å². The summed E-state index contributed by atoms with van der Waals surface area (Å²) in [4.78, 5) is 11.2. The molecule has 0 heterocycles. The predicted molar refractivity (Wildman–Crippen MR) is 69.1 cm³/mol. The van der Waals surface area contributed by atoms with Gasteiger partial charge < -0.3 is 14.9 Å². The summed E-state index contributed by atoms with van der Waals surface area (Å²) < 4.78 is 4.59. The molecule has 0 aliphatic heterocycles. The zero-order valence-electron chi connectivity index (χ0n) is 9.91. The Morgan fingerprint density at radius 3 is 2.56 bits per heavy atom. The predicted octanol–water partition coefficient (Wildman–Crippen LogP) is 1.64. The van der Waals surface area contributed by atoms with Gasteiger partial charge in [0, 0.05) is 5.02 Å². The second kappa shape index (κ2) is 7.16. The van der Waals surface area contributed by atoms with E-state index in [1.165, 1.54) is 6.08 Å². The highest BCUT2D eigenvalue weighted by Gasteiger charge is 2.23. The van der Waals surface area contributed by atoms with E-state index >= 15 is 0 Å². The molecule has 0 fully saturated rings. The van der Waals surface area contributed by atoms with Crippen LogP contribution in [0.1, 0.15) is 12.5 Å². The number of halogens is 1. The quantitative estimate of drug-likeness (QED) is 0.798. The van der Waals surface area contributed by atoms with E-state index in [9.17, 15) is 15.0 Å². The van der Waals surface area contributed by atoms with Gasteiger partial charge in [0.2, 0.25) is 0 Å². The number of ether oxygens (including phenoxy) is 1. The molecule has 5 heteroatoms. The van der Waals surface area contributed by atoms with Crippen molar-refractivity contribution >= 4 is 23.6 Å². The number of aliphatic hydroxyl groups is 2. The number of aliphatic hydroxyl groups excluding tert-OH is 2. The summed E-state index contributed by atoms with van der Waals surface area (Å²) in [5.41, 5.74) is 0.800. The van der Waals surface area contributed by atoms with Crippen molar-refractivity contribution < 1.29 is 19.7 Å². The lowest BCUT2D eigenvalue weighted by molar-refractivity contribution is -0.157. The number of hydrogen-bond donors (Lipinski definition) is 2. The van der Waals surface area contributed by atoms with Crippen LogP contribution in [-0.2, 0) is 9.53 Å². The molecule has 0 bridgehead atoms. The minimum Gasteiger partial charge on any atom is -0.464 e. The fourth-order valence-electron chi connectivity index (χ4n) is 1.26. The molecule has 0 aliphatic carbocycles. The van der Waals surface area contributed by atoms with Crippen molar-refractivity contribution in [2.24, 2.45) is 0 Å². The molecule has 1 aromatic rings. The molecule has 1 aromatic carbocycles. The smallest absolute Gasteiger partial charge is 0.338 e. The molecule has 0 aliphatic rings. The minimum absolute atomic E-state index is 0.156. The first-order chi connectivity index (χ1) is 8.54. The van der Waals surface area contributed by atoms with E-state index in [0.29, 0.717) is 5.02 Å². The zero-order valence-corrected chi connectivity index (χ0v) is 10.7. The van der Waals surface area contributed by atoms with Crippen LogP contribution in [0.2, 0.25) is 5.02 Å². The summed E-state index contributed by atoms with van der Waals surface area (Å²) in [5, 5.41) is 19.6. The molecule has 18 heavy (non-hydrogen) atoms. The molecule has 0 amide bonds. The summed E-state index contributed by atoms with van der Waals surface area (Å²) in [7, 11) is 0. The van der Waals surface area contributed by atoms with E-state index in [1.807, 2.05) is 0 Å². The summed E-state index contributed by atoms with van der Waals surface area (Å²) in [6.45, 7) is 1.78. The second-order valence-electron chi connectivity index (χ2n) is 3.60. The van der Waals surface area contributed by atoms with E-state index in [1.54, 1.807) is 37.3 Å². The molecule has 0 aromatic heterocycles. The summed E-state index contributed by atoms with van der Waals surface area (Å²) in [6.07, 6.45) is 0.0297. The summed E-state index contributed by atoms with van der Waals surface area (Å²) in [5.74, 6) is -0.842. The second-order valence-corrected chi connectivity index (χ2v) is 4.03. The van der Waals surface area contributed by atoms with Crippen LogP contribution in [0.25, 0.3) is 6.08 Å². The highest BCUT2D eigenvalue weighted by molar-refractivity contribution is 6.30. The molecule has 0 saturated heterocycles. The Morgan fingerprint density at radius 1 is 1.39 bits per heavy atom. The molecule has 4 nitrogen and oxygen atoms in total. The van der Waals surface area contributed by atoms with Gasteiger partial charge in [-0.3, -0.25) is 0 Å². The Bertz CT molecular complexity index is 414. The molecule has 2 N–H and O–H groups in total. The van der Waals surface area contributed by atoms with Gasteiger partial charge in [0.25, 0.3) is 0 Å². The van der Waals surface area contributed by atoms with Gasteiger partial charge in [-0.15, -0.1) is 0 Å². The van der Waals surface area contributed by atoms with E-state index in [0.717, 1.165) is 5.56 Å². The lowest BCUT2D eigenvalue weighted by Crippen LogP contribution is -2.34. The Balaban J connectivity index is 2.60. The van der Waals surface area contributed by atoms with E-state index < -0.39 is 18.2 Å². The minimum atomic E-state index is -1.58. The molecular weight excluding hydrogens is 256 g/mol. The Kier molecular flexibility index (Phi) is 5.85. The Hall–Kier alpha value is -1.36. The van der Waals surface area contributed by atoms with Crippen LogP contribution in [0.4, 0.5) is 0 Å². The van der Waals surface area contributed by atoms with E-state index in [-0.39, 0.29) is 6.61 Å². The number of benzene rings is 1. The maximum Gasteiger partial charge on any atom is 0.338 e. The van der Waals surface area contributed by atoms with Crippen molar-refractivity contribution in [3.05, 3.63) is 40.9 Å². The normalized spacial score (nSPS) is 14.4. The van der Waals surface area contributed by atoms with Crippen LogP contribution < -0.4 is 0 Å². The maximum atomic E-state index is 11.2. The average molecular weight is 271 g/mol. The Labute approximate surface area is 110 Å². The van der Waals surface area contributed by atoms with Crippen LogP contribution in [0.5, 0.6) is 0 Å². The van der Waals surface area contributed by atoms with Crippen molar-refractivity contribution in [3.8, 4) is 0 Å². The summed E-state index contributed by atoms with van der Waals surface area (Å²) >= 11 is 5.73. The lowest BCUT2D eigenvalue weighted by atomic mass is 10.1.